The number of carbonyl (C=O) groups is 4. The van der Waals surface area contributed by atoms with Gasteiger partial charge in [0.25, 0.3) is 11.8 Å². The van der Waals surface area contributed by atoms with Crippen LogP contribution in [0.2, 0.25) is 5.02 Å². The van der Waals surface area contributed by atoms with Crippen LogP contribution in [-0.4, -0.2) is 60.0 Å². The molecule has 0 bridgehead atoms. The Hall–Kier alpha value is -5.59. The predicted octanol–water partition coefficient (Wildman–Crippen LogP) is 6.35. The number of hydrogen-bond acceptors (Lipinski definition) is 8. The standard InChI is InChI=1S/C42H35ClF2N4O6/c43-24-6-4-23(5-7-24)42-33(39(52)49(41(42)54)46-26-10-8-25(44)9-11-26)22-32-29(36(42)31-2-1-3-34(45)37(31)50)16-17-30-35(32)40(53)48(38(30)51)28-14-12-27(13-15-28)47-18-20-55-21-19-47/h1-16,30,32-33,35-36,46,50H,17-22H2. The molecule has 9 rings (SSSR count). The van der Waals surface area contributed by atoms with E-state index in [2.05, 4.69) is 10.3 Å². The molecule has 3 saturated heterocycles. The number of ether oxygens (including phenoxy) is 1. The summed E-state index contributed by atoms with van der Waals surface area (Å²) < 4.78 is 34.7. The number of morpholine rings is 1. The molecule has 0 radical (unpaired) electrons. The van der Waals surface area contributed by atoms with Crippen LogP contribution in [0.1, 0.15) is 29.9 Å². The van der Waals surface area contributed by atoms with Crippen LogP contribution in [0.3, 0.4) is 0 Å². The number of allylic oxidation sites excluding steroid dienone is 2. The van der Waals surface area contributed by atoms with Crippen LogP contribution >= 0.6 is 11.6 Å². The number of hydrogen-bond donors (Lipinski definition) is 2. The lowest BCUT2D eigenvalue weighted by molar-refractivity contribution is -0.138. The van der Waals surface area contributed by atoms with Crippen LogP contribution in [0.5, 0.6) is 5.75 Å². The molecule has 13 heteroatoms. The van der Waals surface area contributed by atoms with Crippen molar-refractivity contribution >= 4 is 52.3 Å². The first kappa shape index (κ1) is 35.1. The van der Waals surface area contributed by atoms with E-state index in [0.717, 1.165) is 29.9 Å². The molecule has 0 spiro atoms. The molecule has 6 unspecified atom stereocenters. The zero-order chi connectivity index (χ0) is 38.2. The Morgan fingerprint density at radius 3 is 2.20 bits per heavy atom. The number of halogens is 3. The molecular formula is C42H35ClF2N4O6. The number of amides is 4. The van der Waals surface area contributed by atoms with E-state index in [-0.39, 0.29) is 30.0 Å². The van der Waals surface area contributed by atoms with E-state index in [1.54, 1.807) is 36.4 Å². The lowest BCUT2D eigenvalue weighted by Crippen LogP contribution is -2.53. The molecule has 0 aromatic heterocycles. The normalized spacial score (nSPS) is 27.5. The van der Waals surface area contributed by atoms with E-state index in [4.69, 9.17) is 16.3 Å². The van der Waals surface area contributed by atoms with Crippen molar-refractivity contribution in [2.75, 3.05) is 41.5 Å². The molecule has 1 saturated carbocycles. The second-order valence-corrected chi connectivity index (χ2v) is 15.1. The second kappa shape index (κ2) is 13.3. The van der Waals surface area contributed by atoms with Gasteiger partial charge in [-0.05, 0) is 91.1 Å². The van der Waals surface area contributed by atoms with Gasteiger partial charge in [-0.15, -0.1) is 0 Å². The summed E-state index contributed by atoms with van der Waals surface area (Å²) in [6.45, 7) is 2.65. The topological polar surface area (TPSA) is 119 Å². The van der Waals surface area contributed by atoms with Gasteiger partial charge in [-0.3, -0.25) is 29.5 Å². The van der Waals surface area contributed by atoms with Gasteiger partial charge in [-0.2, -0.15) is 5.01 Å². The maximum atomic E-state index is 15.4. The van der Waals surface area contributed by atoms with Crippen molar-refractivity contribution in [3.05, 3.63) is 130 Å². The summed E-state index contributed by atoms with van der Waals surface area (Å²) in [5.41, 5.74) is 3.77. The first-order valence-electron chi connectivity index (χ1n) is 18.2. The van der Waals surface area contributed by atoms with Gasteiger partial charge < -0.3 is 14.7 Å². The molecule has 3 heterocycles. The lowest BCUT2D eigenvalue weighted by Gasteiger charge is -2.50. The molecule has 6 atom stereocenters. The Balaban J connectivity index is 1.17. The molecule has 55 heavy (non-hydrogen) atoms. The first-order chi connectivity index (χ1) is 26.6. The third-order valence-corrected chi connectivity index (χ3v) is 12.3. The summed E-state index contributed by atoms with van der Waals surface area (Å²) >= 11 is 6.33. The third-order valence-electron chi connectivity index (χ3n) is 12.1. The molecule has 10 nitrogen and oxygen atoms in total. The van der Waals surface area contributed by atoms with Crippen molar-refractivity contribution < 1.29 is 37.8 Å². The van der Waals surface area contributed by atoms with Crippen LogP contribution in [0.4, 0.5) is 25.8 Å². The molecule has 4 fully saturated rings. The molecule has 2 aliphatic carbocycles. The van der Waals surface area contributed by atoms with Gasteiger partial charge in [-0.1, -0.05) is 47.5 Å². The number of phenols is 1. The number of aromatic hydroxyl groups is 1. The number of phenolic OH excluding ortho intramolecular Hbond substituents is 1. The minimum Gasteiger partial charge on any atom is -0.505 e. The van der Waals surface area contributed by atoms with Crippen molar-refractivity contribution in [2.24, 2.45) is 23.7 Å². The monoisotopic (exact) mass is 764 g/mol. The van der Waals surface area contributed by atoms with Crippen LogP contribution in [0, 0.1) is 35.3 Å². The number of hydrazine groups is 1. The van der Waals surface area contributed by atoms with Gasteiger partial charge in [0.15, 0.2) is 11.6 Å². The fourth-order valence-electron chi connectivity index (χ4n) is 9.65. The van der Waals surface area contributed by atoms with Crippen molar-refractivity contribution in [1.82, 2.24) is 5.01 Å². The Bertz CT molecular complexity index is 2260. The van der Waals surface area contributed by atoms with Gasteiger partial charge in [0.1, 0.15) is 5.82 Å². The van der Waals surface area contributed by atoms with Crippen molar-refractivity contribution in [3.63, 3.8) is 0 Å². The van der Waals surface area contributed by atoms with Gasteiger partial charge >= 0.3 is 0 Å². The summed E-state index contributed by atoms with van der Waals surface area (Å²) in [6, 6.07) is 22.9. The Labute approximate surface area is 319 Å². The number of nitrogens with zero attached hydrogens (tertiary/aromatic N) is 3. The largest absolute Gasteiger partial charge is 0.505 e. The SMILES string of the molecule is O=C1C2CC3C(=CCC4C(=O)N(c5ccc(N6CCOCC6)cc5)C(=O)C43)C(c3cccc(F)c3O)C2(c2ccc(Cl)cc2)C(=O)N1Nc1ccc(F)cc1. The molecule has 4 aromatic rings. The summed E-state index contributed by atoms with van der Waals surface area (Å²) in [4.78, 5) is 62.2. The minimum atomic E-state index is -1.75. The molecular weight excluding hydrogens is 730 g/mol. The highest BCUT2D eigenvalue weighted by molar-refractivity contribution is 6.30. The molecule has 2 N–H and O–H groups in total. The van der Waals surface area contributed by atoms with Crippen LogP contribution in [0.15, 0.2) is 103 Å². The van der Waals surface area contributed by atoms with Gasteiger partial charge in [-0.25, -0.2) is 8.78 Å². The number of para-hydroxylation sites is 1. The van der Waals surface area contributed by atoms with E-state index in [0.29, 0.717) is 35.1 Å². The third kappa shape index (κ3) is 5.37. The molecule has 5 aliphatic rings. The Morgan fingerprint density at radius 1 is 0.800 bits per heavy atom. The minimum absolute atomic E-state index is 0.00277. The Morgan fingerprint density at radius 2 is 1.49 bits per heavy atom. The van der Waals surface area contributed by atoms with Crippen molar-refractivity contribution in [1.29, 1.82) is 0 Å². The zero-order valence-corrected chi connectivity index (χ0v) is 30.1. The number of fused-ring (bicyclic) bond motifs is 4. The number of rotatable bonds is 6. The highest BCUT2D eigenvalue weighted by Crippen LogP contribution is 2.65. The Kier molecular flexibility index (Phi) is 8.50. The van der Waals surface area contributed by atoms with E-state index >= 15 is 9.18 Å². The quantitative estimate of drug-likeness (QED) is 0.172. The van der Waals surface area contributed by atoms with Crippen LogP contribution in [-0.2, 0) is 29.3 Å². The summed E-state index contributed by atoms with van der Waals surface area (Å²) in [5, 5.41) is 12.7. The van der Waals surface area contributed by atoms with Gasteiger partial charge in [0.05, 0.1) is 47.8 Å². The van der Waals surface area contributed by atoms with Crippen LogP contribution in [0.25, 0.3) is 0 Å². The number of benzene rings is 4. The van der Waals surface area contributed by atoms with Crippen molar-refractivity contribution in [2.45, 2.75) is 24.2 Å². The zero-order valence-electron chi connectivity index (χ0n) is 29.3. The average Bonchev–Trinajstić information content (AvgIpc) is 3.58. The van der Waals surface area contributed by atoms with Crippen molar-refractivity contribution in [3.8, 4) is 5.75 Å². The average molecular weight is 765 g/mol. The van der Waals surface area contributed by atoms with E-state index in [9.17, 15) is 23.9 Å². The van der Waals surface area contributed by atoms with Gasteiger partial charge in [0, 0.05) is 35.3 Å². The summed E-state index contributed by atoms with van der Waals surface area (Å²) in [5.74, 6) is -8.88. The fourth-order valence-corrected chi connectivity index (χ4v) is 9.78. The maximum Gasteiger partial charge on any atom is 0.260 e. The predicted molar refractivity (Wildman–Crippen MR) is 199 cm³/mol. The number of anilines is 3. The molecule has 4 aromatic carbocycles. The van der Waals surface area contributed by atoms with Crippen LogP contribution < -0.4 is 15.2 Å². The maximum absolute atomic E-state index is 15.4. The van der Waals surface area contributed by atoms with Gasteiger partial charge in [0.2, 0.25) is 11.8 Å². The fraction of sp³-hybridized carbons (Fsp3) is 0.286. The first-order valence-corrected chi connectivity index (χ1v) is 18.6. The number of imide groups is 2. The smallest absolute Gasteiger partial charge is 0.260 e. The van der Waals surface area contributed by atoms with E-state index < -0.39 is 70.1 Å². The van der Waals surface area contributed by atoms with E-state index in [1.165, 1.54) is 41.3 Å². The molecule has 3 aliphatic heterocycles. The summed E-state index contributed by atoms with van der Waals surface area (Å²) in [6.07, 6.45) is 1.98. The number of nitrogens with one attached hydrogen (secondary N) is 1. The molecule has 4 amide bonds. The highest BCUT2D eigenvalue weighted by Gasteiger charge is 2.70. The highest BCUT2D eigenvalue weighted by atomic mass is 35.5. The second-order valence-electron chi connectivity index (χ2n) is 14.7. The number of carbonyl (C=O) groups excluding carboxylic acids is 4. The lowest BCUT2D eigenvalue weighted by atomic mass is 9.49. The summed E-state index contributed by atoms with van der Waals surface area (Å²) in [7, 11) is 0. The van der Waals surface area contributed by atoms with E-state index in [1.807, 2.05) is 18.2 Å². The molecule has 280 valence electrons.